The van der Waals surface area contributed by atoms with E-state index in [4.69, 9.17) is 0 Å². The van der Waals surface area contributed by atoms with Crippen molar-refractivity contribution < 1.29 is 58.6 Å². The van der Waals surface area contributed by atoms with Crippen LogP contribution in [0.2, 0.25) is 0 Å². The maximum absolute atomic E-state index is 11.1. The summed E-state index contributed by atoms with van der Waals surface area (Å²) in [6, 6.07) is 0.178. The zero-order valence-corrected chi connectivity index (χ0v) is 14.2. The van der Waals surface area contributed by atoms with Gasteiger partial charge in [0.1, 0.15) is 5.78 Å². The first-order valence-corrected chi connectivity index (χ1v) is 3.78. The first-order valence-electron chi connectivity index (χ1n) is 3.78. The quantitative estimate of drug-likeness (QED) is 0.619. The van der Waals surface area contributed by atoms with Crippen LogP contribution in [0, 0.1) is 14.4 Å². The van der Waals surface area contributed by atoms with Gasteiger partial charge in [0.25, 0.3) is 0 Å². The third kappa shape index (κ3) is 5.77. The third-order valence-corrected chi connectivity index (χ3v) is 2.14. The first-order chi connectivity index (χ1) is 4.75. The normalized spacial score (nSPS) is 20.9. The summed E-state index contributed by atoms with van der Waals surface area (Å²) in [6.07, 6.45) is 2.63. The Hall–Kier alpha value is 1.42. The predicted molar refractivity (Wildman–Crippen MR) is 47.0 cm³/mol. The molecule has 0 amide bonds. The van der Waals surface area contributed by atoms with E-state index in [1.807, 2.05) is 7.05 Å². The van der Waals surface area contributed by atoms with Crippen LogP contribution < -0.4 is 0 Å². The van der Waals surface area contributed by atoms with E-state index in [-0.39, 0.29) is 67.2 Å². The predicted octanol–water partition coefficient (Wildman–Crippen LogP) is 1.32. The summed E-state index contributed by atoms with van der Waals surface area (Å²) in [7, 11) is 2.01. The molecule has 1 fully saturated rings. The SMILES string of the molecule is [CH2-]CC(=O)[C@@H]1CCCN1C.[CH3-].[W].[Y]. The van der Waals surface area contributed by atoms with Crippen molar-refractivity contribution in [2.45, 2.75) is 25.3 Å². The molecule has 0 aliphatic carbocycles. The van der Waals surface area contributed by atoms with Gasteiger partial charge in [0.05, 0.1) is 6.04 Å². The Kier molecular flexibility index (Phi) is 15.3. The fourth-order valence-electron chi connectivity index (χ4n) is 1.48. The maximum atomic E-state index is 11.1. The Bertz CT molecular complexity index is 144. The smallest absolute Gasteiger partial charge is 0.120 e. The number of hydrogen-bond donors (Lipinski definition) is 0. The van der Waals surface area contributed by atoms with E-state index in [1.54, 1.807) is 0 Å². The van der Waals surface area contributed by atoms with Crippen molar-refractivity contribution in [3.05, 3.63) is 14.4 Å². The van der Waals surface area contributed by atoms with Crippen molar-refractivity contribution in [3.63, 3.8) is 0 Å². The summed E-state index contributed by atoms with van der Waals surface area (Å²) in [5.74, 6) is 0.292. The molecule has 0 aromatic rings. The first kappa shape index (κ1) is 19.9. The zero-order chi connectivity index (χ0) is 7.56. The third-order valence-electron chi connectivity index (χ3n) is 2.14. The van der Waals surface area contributed by atoms with Gasteiger partial charge < -0.3 is 19.1 Å². The minimum atomic E-state index is 0. The Morgan fingerprint density at radius 1 is 1.62 bits per heavy atom. The number of rotatable bonds is 2. The molecule has 0 aromatic carbocycles. The number of carbonyl (C=O) groups is 1. The molecule has 2 nitrogen and oxygen atoms in total. The molecule has 4 heteroatoms. The molecule has 1 aliphatic rings. The number of likely N-dealkylation sites (tertiary alicyclic amines) is 1. The second-order valence-electron chi connectivity index (χ2n) is 2.85. The Labute approximate surface area is 121 Å². The van der Waals surface area contributed by atoms with Gasteiger partial charge >= 0.3 is 0 Å². The van der Waals surface area contributed by atoms with Gasteiger partial charge in [-0.15, -0.1) is 6.42 Å². The van der Waals surface area contributed by atoms with E-state index in [1.165, 1.54) is 0 Å². The molecule has 1 atom stereocenters. The van der Waals surface area contributed by atoms with Gasteiger partial charge in [-0.25, -0.2) is 0 Å². The van der Waals surface area contributed by atoms with E-state index < -0.39 is 0 Å². The van der Waals surface area contributed by atoms with E-state index in [2.05, 4.69) is 11.8 Å². The molecule has 1 rings (SSSR count). The van der Waals surface area contributed by atoms with Crippen molar-refractivity contribution in [3.8, 4) is 0 Å². The topological polar surface area (TPSA) is 20.3 Å². The number of hydrogen-bond acceptors (Lipinski definition) is 2. The Balaban J connectivity index is -0.000000333. The van der Waals surface area contributed by atoms with Crippen LogP contribution in [0.25, 0.3) is 0 Å². The molecule has 13 heavy (non-hydrogen) atoms. The number of carbonyl (C=O) groups excluding carboxylic acids is 1. The van der Waals surface area contributed by atoms with Crippen molar-refractivity contribution in [1.29, 1.82) is 0 Å². The molecule has 0 aromatic heterocycles. The van der Waals surface area contributed by atoms with Crippen LogP contribution >= 0.6 is 0 Å². The van der Waals surface area contributed by atoms with Crippen LogP contribution in [-0.4, -0.2) is 30.3 Å². The van der Waals surface area contributed by atoms with Gasteiger partial charge in [-0.3, -0.25) is 4.90 Å². The Morgan fingerprint density at radius 3 is 2.46 bits per heavy atom. The van der Waals surface area contributed by atoms with Crippen LogP contribution in [-0.2, 0) is 58.6 Å². The summed E-state index contributed by atoms with van der Waals surface area (Å²) in [5.41, 5.74) is 0. The van der Waals surface area contributed by atoms with Crippen LogP contribution in [0.3, 0.4) is 0 Å². The molecule has 0 unspecified atom stereocenters. The largest absolute Gasteiger partial charge is 0.358 e. The Morgan fingerprint density at radius 2 is 2.15 bits per heavy atom. The van der Waals surface area contributed by atoms with Gasteiger partial charge in [-0.05, 0) is 26.4 Å². The maximum Gasteiger partial charge on any atom is 0.120 e. The summed E-state index contributed by atoms with van der Waals surface area (Å²) < 4.78 is 0. The van der Waals surface area contributed by atoms with Crippen molar-refractivity contribution in [1.82, 2.24) is 4.90 Å². The molecule has 0 N–H and O–H groups in total. The van der Waals surface area contributed by atoms with Crippen molar-refractivity contribution >= 4 is 5.78 Å². The molecule has 75 valence electrons. The fraction of sp³-hybridized carbons (Fsp3) is 0.667. The van der Waals surface area contributed by atoms with Crippen molar-refractivity contribution in [2.75, 3.05) is 13.6 Å². The summed E-state index contributed by atoms with van der Waals surface area (Å²) >= 11 is 0. The minimum Gasteiger partial charge on any atom is -0.358 e. The average molecular weight is 428 g/mol. The summed E-state index contributed by atoms with van der Waals surface area (Å²) in [5, 5.41) is 0. The molecule has 0 bridgehead atoms. The second-order valence-corrected chi connectivity index (χ2v) is 2.85. The van der Waals surface area contributed by atoms with E-state index in [0.29, 0.717) is 12.2 Å². The molecule has 1 saturated heterocycles. The molecular weight excluding hydrogens is 411 g/mol. The van der Waals surface area contributed by atoms with E-state index >= 15 is 0 Å². The van der Waals surface area contributed by atoms with Gasteiger partial charge in [0, 0.05) is 53.8 Å². The average Bonchev–Trinajstić information content (AvgIpc) is 2.34. The number of likely N-dealkylation sites (N-methyl/N-ethyl adjacent to an activating group) is 1. The standard InChI is InChI=1S/C8H14NO.CH3.W.Y/c1-3-8(10)7-5-4-6-9(7)2;;;/h7H,1,3-6H2,2H3;1H3;;/q2*-1;;/t7-;;;/m0.../s1. The van der Waals surface area contributed by atoms with Crippen LogP contribution in [0.15, 0.2) is 0 Å². The molecule has 1 heterocycles. The monoisotopic (exact) mass is 428 g/mol. The van der Waals surface area contributed by atoms with Crippen molar-refractivity contribution in [2.24, 2.45) is 0 Å². The number of ketones is 1. The molecule has 0 spiro atoms. The summed E-state index contributed by atoms with van der Waals surface area (Å²) in [6.45, 7) is 4.65. The number of nitrogens with zero attached hydrogens (tertiary/aromatic N) is 1. The number of Topliss-reactive ketones (excluding diaryl/α,β-unsaturated/α-hetero) is 1. The fourth-order valence-corrected chi connectivity index (χ4v) is 1.48. The van der Waals surface area contributed by atoms with Crippen LogP contribution in [0.4, 0.5) is 0 Å². The molecule has 1 radical (unpaired) electrons. The van der Waals surface area contributed by atoms with Gasteiger partial charge in [0.15, 0.2) is 0 Å². The van der Waals surface area contributed by atoms with E-state index in [0.717, 1.165) is 19.4 Å². The summed E-state index contributed by atoms with van der Waals surface area (Å²) in [4.78, 5) is 13.2. The minimum absolute atomic E-state index is 0. The zero-order valence-electron chi connectivity index (χ0n) is 8.45. The van der Waals surface area contributed by atoms with Crippen LogP contribution in [0.1, 0.15) is 19.3 Å². The second kappa shape index (κ2) is 9.96. The van der Waals surface area contributed by atoms with Gasteiger partial charge in [0.2, 0.25) is 0 Å². The van der Waals surface area contributed by atoms with Crippen LogP contribution in [0.5, 0.6) is 0 Å². The molecule has 0 saturated carbocycles. The van der Waals surface area contributed by atoms with E-state index in [9.17, 15) is 4.79 Å². The van der Waals surface area contributed by atoms with Gasteiger partial charge in [-0.1, -0.05) is 0 Å². The molecule has 1 aliphatic heterocycles. The van der Waals surface area contributed by atoms with Gasteiger partial charge in [-0.2, -0.15) is 0 Å². The molecular formula is C9H17NOWY-2.